The summed E-state index contributed by atoms with van der Waals surface area (Å²) in [5, 5.41) is 0. The molecule has 0 spiro atoms. The van der Waals surface area contributed by atoms with Crippen molar-refractivity contribution >= 4 is 11.6 Å². The number of carbonyl (C=O) groups is 2. The van der Waals surface area contributed by atoms with E-state index in [2.05, 4.69) is 13.2 Å². The first kappa shape index (κ1) is 20.3. The van der Waals surface area contributed by atoms with E-state index in [1.54, 1.807) is 36.4 Å². The molecule has 32 heavy (non-hydrogen) atoms. The van der Waals surface area contributed by atoms with Crippen LogP contribution in [0.15, 0.2) is 61.1 Å². The molecule has 3 aliphatic rings. The number of ketones is 2. The Bertz CT molecular complexity index is 1050. The molecule has 2 atom stereocenters. The van der Waals surface area contributed by atoms with E-state index in [1.165, 1.54) is 0 Å². The summed E-state index contributed by atoms with van der Waals surface area (Å²) in [6.45, 7) is 8.30. The van der Waals surface area contributed by atoms with Gasteiger partial charge in [0.2, 0.25) is 12.6 Å². The van der Waals surface area contributed by atoms with Gasteiger partial charge in [-0.25, -0.2) is 0 Å². The van der Waals surface area contributed by atoms with Gasteiger partial charge in [0, 0.05) is 22.3 Å². The second-order valence-corrected chi connectivity index (χ2v) is 7.49. The number of fused-ring (bicyclic) bond motifs is 2. The molecule has 0 N–H and O–H groups in total. The Kier molecular flexibility index (Phi) is 5.16. The van der Waals surface area contributed by atoms with Gasteiger partial charge in [-0.1, -0.05) is 13.2 Å². The molecule has 2 fully saturated rings. The van der Waals surface area contributed by atoms with E-state index < -0.39 is 12.6 Å². The van der Waals surface area contributed by atoms with Crippen molar-refractivity contribution in [1.82, 2.24) is 0 Å². The van der Waals surface area contributed by atoms with Gasteiger partial charge in [0.1, 0.15) is 36.2 Å². The van der Waals surface area contributed by atoms with E-state index in [-0.39, 0.29) is 35.9 Å². The van der Waals surface area contributed by atoms with Crippen molar-refractivity contribution in [3.8, 4) is 11.5 Å². The van der Waals surface area contributed by atoms with Crippen LogP contribution in [0.25, 0.3) is 0 Å². The van der Waals surface area contributed by atoms with Crippen LogP contribution >= 0.6 is 0 Å². The lowest BCUT2D eigenvalue weighted by atomic mass is 9.84. The molecule has 2 unspecified atom stereocenters. The highest BCUT2D eigenvalue weighted by atomic mass is 16.7. The Labute approximate surface area is 183 Å². The molecule has 8 nitrogen and oxygen atoms in total. The van der Waals surface area contributed by atoms with Crippen LogP contribution in [0.3, 0.4) is 0 Å². The van der Waals surface area contributed by atoms with E-state index in [1.807, 2.05) is 0 Å². The van der Waals surface area contributed by atoms with Crippen LogP contribution in [0.2, 0.25) is 0 Å². The first-order valence-corrected chi connectivity index (χ1v) is 10.0. The molecule has 2 heterocycles. The minimum Gasteiger partial charge on any atom is -0.487 e. The SMILES string of the molecule is C=C1COC(COc2ccc3c(c2)C(=O)c2ccc(OCC4OCC(=C)O4)cc2C3=O)O1. The topological polar surface area (TPSA) is 89.5 Å². The van der Waals surface area contributed by atoms with E-state index in [4.69, 9.17) is 28.4 Å². The van der Waals surface area contributed by atoms with Gasteiger partial charge in [-0.05, 0) is 36.4 Å². The Morgan fingerprint density at radius 3 is 1.53 bits per heavy atom. The summed E-state index contributed by atoms with van der Waals surface area (Å²) < 4.78 is 32.8. The molecule has 0 saturated carbocycles. The summed E-state index contributed by atoms with van der Waals surface area (Å²) in [6.07, 6.45) is -1.10. The van der Waals surface area contributed by atoms with E-state index >= 15 is 0 Å². The lowest BCUT2D eigenvalue weighted by Crippen LogP contribution is -2.22. The van der Waals surface area contributed by atoms with Gasteiger partial charge in [0.05, 0.1) is 0 Å². The second-order valence-electron chi connectivity index (χ2n) is 7.49. The summed E-state index contributed by atoms with van der Waals surface area (Å²) in [5.74, 6) is 1.45. The number of benzene rings is 2. The summed E-state index contributed by atoms with van der Waals surface area (Å²) in [5.41, 5.74) is 1.20. The normalized spacial score (nSPS) is 21.6. The quantitative estimate of drug-likeness (QED) is 0.583. The van der Waals surface area contributed by atoms with Crippen molar-refractivity contribution in [1.29, 1.82) is 0 Å². The lowest BCUT2D eigenvalue weighted by Gasteiger charge is -2.20. The van der Waals surface area contributed by atoms with Gasteiger partial charge in [0.25, 0.3) is 0 Å². The summed E-state index contributed by atoms with van der Waals surface area (Å²) in [7, 11) is 0. The number of carbonyl (C=O) groups excluding carboxylic acids is 2. The summed E-state index contributed by atoms with van der Waals surface area (Å²) in [4.78, 5) is 26.1. The molecule has 2 saturated heterocycles. The molecular weight excluding hydrogens is 416 g/mol. The first-order chi connectivity index (χ1) is 15.5. The van der Waals surface area contributed by atoms with Crippen LogP contribution in [0.4, 0.5) is 0 Å². The summed E-state index contributed by atoms with van der Waals surface area (Å²) in [6, 6.07) is 9.58. The van der Waals surface area contributed by atoms with Crippen LogP contribution in [0.5, 0.6) is 11.5 Å². The van der Waals surface area contributed by atoms with Gasteiger partial charge >= 0.3 is 0 Å². The van der Waals surface area contributed by atoms with Crippen molar-refractivity contribution in [3.05, 3.63) is 83.3 Å². The molecule has 0 amide bonds. The third-order valence-corrected chi connectivity index (χ3v) is 5.19. The molecule has 164 valence electrons. The van der Waals surface area contributed by atoms with Crippen LogP contribution in [0, 0.1) is 0 Å². The van der Waals surface area contributed by atoms with Crippen molar-refractivity contribution in [2.45, 2.75) is 12.6 Å². The fourth-order valence-corrected chi connectivity index (χ4v) is 3.66. The minimum absolute atomic E-state index is 0.138. The van der Waals surface area contributed by atoms with Crippen molar-refractivity contribution < 1.29 is 38.0 Å². The van der Waals surface area contributed by atoms with Crippen LogP contribution in [0.1, 0.15) is 31.8 Å². The molecule has 8 heteroatoms. The highest BCUT2D eigenvalue weighted by Crippen LogP contribution is 2.32. The Balaban J connectivity index is 1.31. The maximum atomic E-state index is 13.1. The van der Waals surface area contributed by atoms with E-state index in [9.17, 15) is 9.59 Å². The maximum Gasteiger partial charge on any atom is 0.234 e. The smallest absolute Gasteiger partial charge is 0.234 e. The highest BCUT2D eigenvalue weighted by Gasteiger charge is 2.31. The van der Waals surface area contributed by atoms with Gasteiger partial charge in [-0.2, -0.15) is 0 Å². The molecule has 0 radical (unpaired) electrons. The number of ether oxygens (including phenoxy) is 6. The molecule has 1 aliphatic carbocycles. The number of rotatable bonds is 6. The highest BCUT2D eigenvalue weighted by molar-refractivity contribution is 6.28. The molecule has 0 bridgehead atoms. The molecule has 2 aromatic carbocycles. The summed E-state index contributed by atoms with van der Waals surface area (Å²) >= 11 is 0. The Morgan fingerprint density at radius 2 is 1.16 bits per heavy atom. The molecule has 0 aromatic heterocycles. The predicted molar refractivity (Wildman–Crippen MR) is 111 cm³/mol. The molecule has 2 aliphatic heterocycles. The number of hydrogen-bond donors (Lipinski definition) is 0. The van der Waals surface area contributed by atoms with Crippen LogP contribution < -0.4 is 9.47 Å². The Morgan fingerprint density at radius 1 is 0.719 bits per heavy atom. The van der Waals surface area contributed by atoms with Crippen molar-refractivity contribution in [2.24, 2.45) is 0 Å². The third-order valence-electron chi connectivity index (χ3n) is 5.19. The standard InChI is InChI=1S/C24H20O8/c1-13-9-29-21(31-13)11-27-15-3-5-17-19(7-15)23(25)18-6-4-16(8-20(18)24(17)26)28-12-22-30-10-14(2)32-22/h3-8,21-22H,1-2,9-12H2. The van der Waals surface area contributed by atoms with Crippen molar-refractivity contribution in [2.75, 3.05) is 26.4 Å². The second kappa shape index (κ2) is 8.14. The zero-order chi connectivity index (χ0) is 22.2. The van der Waals surface area contributed by atoms with Crippen LogP contribution in [-0.4, -0.2) is 50.6 Å². The van der Waals surface area contributed by atoms with Gasteiger partial charge in [0.15, 0.2) is 24.8 Å². The first-order valence-electron chi connectivity index (χ1n) is 10.0. The molecule has 2 aromatic rings. The van der Waals surface area contributed by atoms with Crippen LogP contribution in [-0.2, 0) is 18.9 Å². The monoisotopic (exact) mass is 436 g/mol. The zero-order valence-corrected chi connectivity index (χ0v) is 17.1. The third kappa shape index (κ3) is 3.86. The van der Waals surface area contributed by atoms with E-state index in [0.717, 1.165) is 0 Å². The number of hydrogen-bond acceptors (Lipinski definition) is 8. The lowest BCUT2D eigenvalue weighted by molar-refractivity contribution is -0.0599. The largest absolute Gasteiger partial charge is 0.487 e. The predicted octanol–water partition coefficient (Wildman–Crippen LogP) is 2.99. The maximum absolute atomic E-state index is 13.1. The molecular formula is C24H20O8. The average molecular weight is 436 g/mol. The van der Waals surface area contributed by atoms with Gasteiger partial charge < -0.3 is 28.4 Å². The van der Waals surface area contributed by atoms with Crippen molar-refractivity contribution in [3.63, 3.8) is 0 Å². The molecule has 5 rings (SSSR count). The van der Waals surface area contributed by atoms with Gasteiger partial charge in [-0.3, -0.25) is 9.59 Å². The van der Waals surface area contributed by atoms with E-state index in [0.29, 0.717) is 47.4 Å². The van der Waals surface area contributed by atoms with Gasteiger partial charge in [-0.15, -0.1) is 0 Å². The zero-order valence-electron chi connectivity index (χ0n) is 17.1. The minimum atomic E-state index is -0.548. The fraction of sp³-hybridized carbons (Fsp3) is 0.250. The Hall–Kier alpha value is -3.62. The average Bonchev–Trinajstić information content (AvgIpc) is 3.41. The fourth-order valence-electron chi connectivity index (χ4n) is 3.66.